The zero-order chi connectivity index (χ0) is 20.1. The van der Waals surface area contributed by atoms with E-state index in [0.717, 1.165) is 29.9 Å². The van der Waals surface area contributed by atoms with Crippen LogP contribution in [0.25, 0.3) is 0 Å². The highest BCUT2D eigenvalue weighted by atomic mass is 16.5. The average molecular weight is 393 g/mol. The van der Waals surface area contributed by atoms with Crippen LogP contribution in [0.15, 0.2) is 4.52 Å². The van der Waals surface area contributed by atoms with Gasteiger partial charge >= 0.3 is 0 Å². The van der Waals surface area contributed by atoms with Gasteiger partial charge in [0.15, 0.2) is 0 Å². The lowest BCUT2D eigenvalue weighted by Crippen LogP contribution is -2.57. The van der Waals surface area contributed by atoms with Gasteiger partial charge in [-0.1, -0.05) is 5.16 Å². The molecule has 2 aliphatic rings. The van der Waals surface area contributed by atoms with Crippen LogP contribution in [0.5, 0.6) is 0 Å². The van der Waals surface area contributed by atoms with Crippen LogP contribution >= 0.6 is 0 Å². The Kier molecular flexibility index (Phi) is 6.72. The molecule has 1 unspecified atom stereocenters. The molecule has 1 spiro atoms. The van der Waals surface area contributed by atoms with Crippen LogP contribution < -0.4 is 0 Å². The zero-order valence-corrected chi connectivity index (χ0v) is 17.2. The van der Waals surface area contributed by atoms with Crippen molar-refractivity contribution in [2.24, 2.45) is 0 Å². The van der Waals surface area contributed by atoms with Crippen molar-refractivity contribution >= 4 is 11.8 Å². The Morgan fingerprint density at radius 2 is 2.18 bits per heavy atom. The predicted octanol–water partition coefficient (Wildman–Crippen LogP) is 1.48. The fourth-order valence-corrected chi connectivity index (χ4v) is 4.27. The van der Waals surface area contributed by atoms with Gasteiger partial charge < -0.3 is 23.8 Å². The molecule has 2 saturated heterocycles. The van der Waals surface area contributed by atoms with Gasteiger partial charge in [-0.3, -0.25) is 9.59 Å². The summed E-state index contributed by atoms with van der Waals surface area (Å²) in [7, 11) is 1.66. The van der Waals surface area contributed by atoms with Gasteiger partial charge in [0.25, 0.3) is 0 Å². The first-order valence-electron chi connectivity index (χ1n) is 10.0. The van der Waals surface area contributed by atoms with Crippen LogP contribution in [0.2, 0.25) is 0 Å². The molecule has 1 aromatic rings. The Morgan fingerprint density at radius 1 is 1.36 bits per heavy atom. The first-order valence-corrected chi connectivity index (χ1v) is 10.0. The van der Waals surface area contributed by atoms with E-state index in [9.17, 15) is 9.59 Å². The lowest BCUT2D eigenvalue weighted by molar-refractivity contribution is -0.138. The van der Waals surface area contributed by atoms with Crippen molar-refractivity contribution in [2.75, 3.05) is 46.6 Å². The quantitative estimate of drug-likeness (QED) is 0.653. The summed E-state index contributed by atoms with van der Waals surface area (Å²) in [6, 6.07) is 0. The van der Waals surface area contributed by atoms with Gasteiger partial charge in [0.2, 0.25) is 11.8 Å². The van der Waals surface area contributed by atoms with E-state index in [0.29, 0.717) is 58.7 Å². The van der Waals surface area contributed by atoms with E-state index < -0.39 is 5.54 Å². The van der Waals surface area contributed by atoms with E-state index in [-0.39, 0.29) is 11.8 Å². The molecule has 0 bridgehead atoms. The van der Waals surface area contributed by atoms with Crippen LogP contribution in [0.3, 0.4) is 0 Å². The minimum absolute atomic E-state index is 0.0674. The molecule has 2 amide bonds. The summed E-state index contributed by atoms with van der Waals surface area (Å²) in [5.41, 5.74) is 1.42. The number of hydrogen-bond donors (Lipinski definition) is 0. The number of aromatic nitrogens is 1. The van der Waals surface area contributed by atoms with Crippen molar-refractivity contribution < 1.29 is 23.6 Å². The summed E-state index contributed by atoms with van der Waals surface area (Å²) in [6.07, 6.45) is 2.89. The average Bonchev–Trinajstić information content (AvgIpc) is 3.23. The van der Waals surface area contributed by atoms with Gasteiger partial charge in [0, 0.05) is 58.4 Å². The van der Waals surface area contributed by atoms with E-state index in [1.54, 1.807) is 7.11 Å². The minimum Gasteiger partial charge on any atom is -0.385 e. The van der Waals surface area contributed by atoms with E-state index in [4.69, 9.17) is 14.0 Å². The van der Waals surface area contributed by atoms with Crippen LogP contribution in [-0.2, 0) is 25.5 Å². The molecule has 1 aromatic heterocycles. The Morgan fingerprint density at radius 3 is 2.82 bits per heavy atom. The fourth-order valence-electron chi connectivity index (χ4n) is 4.27. The summed E-state index contributed by atoms with van der Waals surface area (Å²) < 4.78 is 16.0. The van der Waals surface area contributed by atoms with Crippen LogP contribution in [-0.4, -0.2) is 78.9 Å². The van der Waals surface area contributed by atoms with Gasteiger partial charge in [0.05, 0.1) is 17.8 Å². The molecule has 2 aliphatic heterocycles. The van der Waals surface area contributed by atoms with E-state index in [2.05, 4.69) is 5.16 Å². The maximum Gasteiger partial charge on any atom is 0.224 e. The summed E-state index contributed by atoms with van der Waals surface area (Å²) in [4.78, 5) is 29.6. The molecule has 0 aromatic carbocycles. The van der Waals surface area contributed by atoms with E-state index >= 15 is 0 Å². The highest BCUT2D eigenvalue weighted by Gasteiger charge is 2.46. The van der Waals surface area contributed by atoms with Crippen molar-refractivity contribution in [3.8, 4) is 0 Å². The van der Waals surface area contributed by atoms with Crippen molar-refractivity contribution in [1.82, 2.24) is 15.0 Å². The SMILES string of the molecule is COCCCN1C(=O)CCN(C(=O)CCc2c(C)noc2C)CC12CCOC2. The molecular weight excluding hydrogens is 362 g/mol. The number of rotatable bonds is 7. The summed E-state index contributed by atoms with van der Waals surface area (Å²) in [5.74, 6) is 0.932. The molecule has 0 aliphatic carbocycles. The highest BCUT2D eigenvalue weighted by molar-refractivity contribution is 5.81. The first kappa shape index (κ1) is 20.8. The molecule has 8 nitrogen and oxygen atoms in total. The number of nitrogens with zero attached hydrogens (tertiary/aromatic N) is 3. The fraction of sp³-hybridized carbons (Fsp3) is 0.750. The Labute approximate surface area is 166 Å². The van der Waals surface area contributed by atoms with Gasteiger partial charge in [-0.25, -0.2) is 0 Å². The summed E-state index contributed by atoms with van der Waals surface area (Å²) in [6.45, 7) is 7.11. The second-order valence-electron chi connectivity index (χ2n) is 7.79. The third-order valence-electron chi connectivity index (χ3n) is 5.89. The van der Waals surface area contributed by atoms with Crippen LogP contribution in [0, 0.1) is 13.8 Å². The number of methoxy groups -OCH3 is 1. The lowest BCUT2D eigenvalue weighted by atomic mass is 9.95. The molecular formula is C20H31N3O5. The predicted molar refractivity (Wildman–Crippen MR) is 102 cm³/mol. The summed E-state index contributed by atoms with van der Waals surface area (Å²) >= 11 is 0. The molecule has 3 heterocycles. The Bertz CT molecular complexity index is 677. The molecule has 3 rings (SSSR count). The molecule has 0 N–H and O–H groups in total. The number of amides is 2. The molecule has 0 saturated carbocycles. The number of aryl methyl sites for hydroxylation is 2. The maximum atomic E-state index is 13.0. The molecule has 28 heavy (non-hydrogen) atoms. The van der Waals surface area contributed by atoms with Gasteiger partial charge in [-0.05, 0) is 33.1 Å². The van der Waals surface area contributed by atoms with Gasteiger partial charge in [0.1, 0.15) is 5.76 Å². The van der Waals surface area contributed by atoms with Crippen LogP contribution in [0.1, 0.15) is 42.7 Å². The lowest BCUT2D eigenvalue weighted by Gasteiger charge is -2.40. The van der Waals surface area contributed by atoms with Crippen molar-refractivity contribution in [1.29, 1.82) is 0 Å². The van der Waals surface area contributed by atoms with Gasteiger partial charge in [-0.15, -0.1) is 0 Å². The Balaban J connectivity index is 1.69. The van der Waals surface area contributed by atoms with E-state index in [1.165, 1.54) is 0 Å². The normalized spacial score (nSPS) is 22.9. The van der Waals surface area contributed by atoms with Crippen molar-refractivity contribution in [3.63, 3.8) is 0 Å². The molecule has 1 atom stereocenters. The number of carbonyl (C=O) groups is 2. The van der Waals surface area contributed by atoms with Crippen molar-refractivity contribution in [2.45, 2.75) is 51.5 Å². The van der Waals surface area contributed by atoms with E-state index in [1.807, 2.05) is 23.6 Å². The molecule has 0 radical (unpaired) electrons. The topological polar surface area (TPSA) is 85.1 Å². The van der Waals surface area contributed by atoms with Crippen LogP contribution in [0.4, 0.5) is 0 Å². The highest BCUT2D eigenvalue weighted by Crippen LogP contribution is 2.31. The monoisotopic (exact) mass is 393 g/mol. The molecule has 156 valence electrons. The molecule has 8 heteroatoms. The largest absolute Gasteiger partial charge is 0.385 e. The number of carbonyl (C=O) groups excluding carboxylic acids is 2. The molecule has 2 fully saturated rings. The third kappa shape index (κ3) is 4.38. The first-order chi connectivity index (χ1) is 13.5. The Hall–Kier alpha value is -1.93. The minimum atomic E-state index is -0.417. The third-order valence-corrected chi connectivity index (χ3v) is 5.89. The second kappa shape index (κ2) is 9.05. The standard InChI is InChI=1S/C20H31N3O5/c1-15-17(16(2)28-21-15)5-6-18(24)22-10-7-19(25)23(9-4-11-26-3)20(13-22)8-12-27-14-20/h4-14H2,1-3H3. The second-order valence-corrected chi connectivity index (χ2v) is 7.79. The zero-order valence-electron chi connectivity index (χ0n) is 17.2. The maximum absolute atomic E-state index is 13.0. The summed E-state index contributed by atoms with van der Waals surface area (Å²) in [5, 5.41) is 3.96. The smallest absolute Gasteiger partial charge is 0.224 e. The van der Waals surface area contributed by atoms with Crippen molar-refractivity contribution in [3.05, 3.63) is 17.0 Å². The van der Waals surface area contributed by atoms with Gasteiger partial charge in [-0.2, -0.15) is 0 Å². The number of ether oxygens (including phenoxy) is 2. The number of hydrogen-bond acceptors (Lipinski definition) is 6.